The lowest BCUT2D eigenvalue weighted by Gasteiger charge is -2.27. The van der Waals surface area contributed by atoms with Crippen molar-refractivity contribution in [1.29, 1.82) is 0 Å². The topological polar surface area (TPSA) is 58.6 Å². The fourth-order valence-corrected chi connectivity index (χ4v) is 4.35. The molecular weight excluding hydrogens is 352 g/mol. The van der Waals surface area contributed by atoms with Crippen LogP contribution in [0.1, 0.15) is 42.9 Å². The van der Waals surface area contributed by atoms with Gasteiger partial charge < -0.3 is 15.0 Å². The van der Waals surface area contributed by atoms with Crippen LogP contribution in [-0.4, -0.2) is 30.4 Å². The van der Waals surface area contributed by atoms with Crippen molar-refractivity contribution in [3.8, 4) is 5.75 Å². The number of ether oxygens (including phenoxy) is 1. The number of likely N-dealkylation sites (tertiary alicyclic amines) is 1. The Balaban J connectivity index is 1.40. The molecule has 2 aliphatic heterocycles. The lowest BCUT2D eigenvalue weighted by Crippen LogP contribution is -2.33. The number of carbonyl (C=O) groups is 2. The first-order valence-corrected chi connectivity index (χ1v) is 9.98. The van der Waals surface area contributed by atoms with Crippen LogP contribution in [0.3, 0.4) is 0 Å². The summed E-state index contributed by atoms with van der Waals surface area (Å²) in [5.74, 6) is 0.834. The van der Waals surface area contributed by atoms with Gasteiger partial charge in [-0.05, 0) is 55.0 Å². The van der Waals surface area contributed by atoms with Crippen LogP contribution in [0.4, 0.5) is 5.69 Å². The number of hydrogen-bond donors (Lipinski definition) is 1. The van der Waals surface area contributed by atoms with Crippen LogP contribution >= 0.6 is 0 Å². The molecule has 146 valence electrons. The maximum atomic E-state index is 12.9. The van der Waals surface area contributed by atoms with E-state index in [-0.39, 0.29) is 23.8 Å². The van der Waals surface area contributed by atoms with Crippen molar-refractivity contribution in [2.24, 2.45) is 5.92 Å². The Hall–Kier alpha value is -2.82. The lowest BCUT2D eigenvalue weighted by atomic mass is 9.89. The van der Waals surface area contributed by atoms with E-state index in [2.05, 4.69) is 11.4 Å². The van der Waals surface area contributed by atoms with Gasteiger partial charge in [0.2, 0.25) is 11.8 Å². The monoisotopic (exact) mass is 378 g/mol. The van der Waals surface area contributed by atoms with E-state index in [1.165, 1.54) is 0 Å². The van der Waals surface area contributed by atoms with E-state index in [4.69, 9.17) is 4.74 Å². The molecule has 1 N–H and O–H groups in total. The van der Waals surface area contributed by atoms with Crippen LogP contribution in [0.5, 0.6) is 5.75 Å². The van der Waals surface area contributed by atoms with Crippen LogP contribution in [0.15, 0.2) is 48.5 Å². The summed E-state index contributed by atoms with van der Waals surface area (Å²) >= 11 is 0. The second-order valence-electron chi connectivity index (χ2n) is 7.61. The predicted molar refractivity (Wildman–Crippen MR) is 108 cm³/mol. The minimum Gasteiger partial charge on any atom is -0.497 e. The van der Waals surface area contributed by atoms with Crippen molar-refractivity contribution in [3.05, 3.63) is 59.7 Å². The first-order chi connectivity index (χ1) is 13.7. The van der Waals surface area contributed by atoms with Gasteiger partial charge in [0.05, 0.1) is 13.2 Å². The smallest absolute Gasteiger partial charge is 0.227 e. The Morgan fingerprint density at radius 2 is 2.07 bits per heavy atom. The van der Waals surface area contributed by atoms with Gasteiger partial charge in [-0.25, -0.2) is 0 Å². The number of nitrogens with one attached hydrogen (secondary N) is 1. The summed E-state index contributed by atoms with van der Waals surface area (Å²) in [6.07, 6.45) is 3.66. The minimum atomic E-state index is -0.142. The molecule has 2 amide bonds. The van der Waals surface area contributed by atoms with E-state index < -0.39 is 0 Å². The zero-order chi connectivity index (χ0) is 19.5. The molecule has 1 fully saturated rings. The number of fused-ring (bicyclic) bond motifs is 1. The number of nitrogens with zero attached hydrogens (tertiary/aromatic N) is 1. The van der Waals surface area contributed by atoms with Gasteiger partial charge in [0.1, 0.15) is 5.75 Å². The van der Waals surface area contributed by atoms with E-state index in [1.54, 1.807) is 7.11 Å². The van der Waals surface area contributed by atoms with Crippen molar-refractivity contribution < 1.29 is 14.3 Å². The summed E-state index contributed by atoms with van der Waals surface area (Å²) in [4.78, 5) is 27.3. The molecule has 0 radical (unpaired) electrons. The molecule has 4 rings (SSSR count). The molecule has 2 aromatic carbocycles. The molecule has 0 saturated carbocycles. The summed E-state index contributed by atoms with van der Waals surface area (Å²) in [6, 6.07) is 16.0. The SMILES string of the molecule is COc1cccc(C2CCCN2C(=O)CCC2Cc3ccccc3NC2=O)c1. The normalized spacial score (nSPS) is 21.2. The third-order valence-electron chi connectivity index (χ3n) is 5.87. The highest BCUT2D eigenvalue weighted by Gasteiger charge is 2.32. The molecule has 2 aliphatic rings. The van der Waals surface area contributed by atoms with Gasteiger partial charge in [-0.1, -0.05) is 30.3 Å². The van der Waals surface area contributed by atoms with Crippen molar-refractivity contribution >= 4 is 17.5 Å². The molecule has 2 atom stereocenters. The zero-order valence-corrected chi connectivity index (χ0v) is 16.2. The van der Waals surface area contributed by atoms with Gasteiger partial charge in [-0.3, -0.25) is 9.59 Å². The zero-order valence-electron chi connectivity index (χ0n) is 16.2. The van der Waals surface area contributed by atoms with E-state index in [0.717, 1.165) is 42.0 Å². The van der Waals surface area contributed by atoms with Gasteiger partial charge >= 0.3 is 0 Å². The van der Waals surface area contributed by atoms with Crippen LogP contribution in [0, 0.1) is 5.92 Å². The van der Waals surface area contributed by atoms with Gasteiger partial charge in [-0.15, -0.1) is 0 Å². The minimum absolute atomic E-state index is 0.0252. The lowest BCUT2D eigenvalue weighted by molar-refractivity contribution is -0.132. The van der Waals surface area contributed by atoms with Gasteiger partial charge in [0.25, 0.3) is 0 Å². The Morgan fingerprint density at radius 3 is 2.93 bits per heavy atom. The number of anilines is 1. The summed E-state index contributed by atoms with van der Waals surface area (Å²) in [5.41, 5.74) is 3.16. The Labute approximate surface area is 165 Å². The third-order valence-corrected chi connectivity index (χ3v) is 5.87. The van der Waals surface area contributed by atoms with E-state index in [1.807, 2.05) is 47.4 Å². The highest BCUT2D eigenvalue weighted by molar-refractivity contribution is 5.96. The summed E-state index contributed by atoms with van der Waals surface area (Å²) in [7, 11) is 1.66. The molecule has 5 nitrogen and oxygen atoms in total. The van der Waals surface area contributed by atoms with E-state index in [0.29, 0.717) is 19.3 Å². The maximum absolute atomic E-state index is 12.9. The highest BCUT2D eigenvalue weighted by Crippen LogP contribution is 2.35. The number of carbonyl (C=O) groups excluding carboxylic acids is 2. The highest BCUT2D eigenvalue weighted by atomic mass is 16.5. The fourth-order valence-electron chi connectivity index (χ4n) is 4.35. The number of methoxy groups -OCH3 is 1. The number of rotatable bonds is 5. The molecule has 0 spiro atoms. The standard InChI is InChI=1S/C23H26N2O3/c1-28-19-8-4-7-17(15-19)21-10-5-13-25(21)22(26)12-11-18-14-16-6-2-3-9-20(16)24-23(18)27/h2-4,6-9,15,18,21H,5,10-14H2,1H3,(H,24,27). The number of amides is 2. The van der Waals surface area contributed by atoms with Crippen LogP contribution in [-0.2, 0) is 16.0 Å². The molecule has 0 aromatic heterocycles. The van der Waals surface area contributed by atoms with Crippen molar-refractivity contribution in [3.63, 3.8) is 0 Å². The second kappa shape index (κ2) is 8.05. The molecule has 0 bridgehead atoms. The quantitative estimate of drug-likeness (QED) is 0.857. The summed E-state index contributed by atoms with van der Waals surface area (Å²) in [5, 5.41) is 2.97. The molecule has 28 heavy (non-hydrogen) atoms. The Kier molecular flexibility index (Phi) is 5.33. The number of benzene rings is 2. The molecule has 1 saturated heterocycles. The van der Waals surface area contributed by atoms with Gasteiger partial charge in [0, 0.05) is 24.6 Å². The number of hydrogen-bond acceptors (Lipinski definition) is 3. The fraction of sp³-hybridized carbons (Fsp3) is 0.391. The Bertz CT molecular complexity index is 880. The van der Waals surface area contributed by atoms with Gasteiger partial charge in [0.15, 0.2) is 0 Å². The molecule has 2 heterocycles. The first-order valence-electron chi connectivity index (χ1n) is 9.98. The number of para-hydroxylation sites is 1. The third kappa shape index (κ3) is 3.75. The molecule has 2 unspecified atom stereocenters. The largest absolute Gasteiger partial charge is 0.497 e. The van der Waals surface area contributed by atoms with Gasteiger partial charge in [-0.2, -0.15) is 0 Å². The van der Waals surface area contributed by atoms with E-state index in [9.17, 15) is 9.59 Å². The van der Waals surface area contributed by atoms with Crippen molar-refractivity contribution in [2.75, 3.05) is 19.0 Å². The average Bonchev–Trinajstić information content (AvgIpc) is 3.22. The molecule has 2 aromatic rings. The summed E-state index contributed by atoms with van der Waals surface area (Å²) in [6.45, 7) is 0.778. The first kappa shape index (κ1) is 18.5. The molecule has 5 heteroatoms. The molecular formula is C23H26N2O3. The Morgan fingerprint density at radius 1 is 1.21 bits per heavy atom. The summed E-state index contributed by atoms with van der Waals surface area (Å²) < 4.78 is 5.33. The average molecular weight is 378 g/mol. The predicted octanol–water partition coefficient (Wildman–Crippen LogP) is 3.95. The molecule has 0 aliphatic carbocycles. The van der Waals surface area contributed by atoms with Crippen molar-refractivity contribution in [1.82, 2.24) is 4.90 Å². The second-order valence-corrected chi connectivity index (χ2v) is 7.61. The van der Waals surface area contributed by atoms with Crippen LogP contribution in [0.2, 0.25) is 0 Å². The van der Waals surface area contributed by atoms with Crippen LogP contribution < -0.4 is 10.1 Å². The van der Waals surface area contributed by atoms with Crippen molar-refractivity contribution in [2.45, 2.75) is 38.1 Å². The maximum Gasteiger partial charge on any atom is 0.227 e. The van der Waals surface area contributed by atoms with E-state index >= 15 is 0 Å². The van der Waals surface area contributed by atoms with Crippen LogP contribution in [0.25, 0.3) is 0 Å².